The fraction of sp³-hybridized carbons (Fsp3) is 0.538. The van der Waals surface area contributed by atoms with E-state index in [4.69, 9.17) is 17.3 Å². The molecule has 0 aromatic heterocycles. The summed E-state index contributed by atoms with van der Waals surface area (Å²) >= 11 is 5.86. The molecule has 0 amide bonds. The number of rotatable bonds is 5. The monoisotopic (exact) mass is 225 g/mol. The molecule has 0 spiro atoms. The van der Waals surface area contributed by atoms with E-state index in [2.05, 4.69) is 26.0 Å². The van der Waals surface area contributed by atoms with Gasteiger partial charge in [0.15, 0.2) is 0 Å². The molecule has 0 bridgehead atoms. The summed E-state index contributed by atoms with van der Waals surface area (Å²) in [5.74, 6) is 1.22. The lowest BCUT2D eigenvalue weighted by Crippen LogP contribution is -2.13. The summed E-state index contributed by atoms with van der Waals surface area (Å²) in [5, 5.41) is 0.790. The highest BCUT2D eigenvalue weighted by Crippen LogP contribution is 2.23. The third kappa shape index (κ3) is 4.23. The second-order valence-corrected chi connectivity index (χ2v) is 4.89. The Morgan fingerprint density at radius 3 is 2.20 bits per heavy atom. The van der Waals surface area contributed by atoms with Gasteiger partial charge in [-0.05, 0) is 42.5 Å². The first-order valence-corrected chi connectivity index (χ1v) is 5.96. The quantitative estimate of drug-likeness (QED) is 0.810. The molecule has 1 nitrogen and oxygen atoms in total. The number of hydrogen-bond acceptors (Lipinski definition) is 1. The molecule has 1 atom stereocenters. The molecule has 0 radical (unpaired) electrons. The van der Waals surface area contributed by atoms with Gasteiger partial charge in [-0.3, -0.25) is 0 Å². The van der Waals surface area contributed by atoms with Gasteiger partial charge in [0.05, 0.1) is 0 Å². The van der Waals surface area contributed by atoms with Crippen LogP contribution in [0.5, 0.6) is 0 Å². The Morgan fingerprint density at radius 1 is 1.13 bits per heavy atom. The smallest absolute Gasteiger partial charge is 0.0406 e. The number of nitrogens with two attached hydrogens (primary N) is 1. The van der Waals surface area contributed by atoms with Crippen molar-refractivity contribution < 1.29 is 0 Å². The van der Waals surface area contributed by atoms with Gasteiger partial charge in [-0.1, -0.05) is 44.0 Å². The van der Waals surface area contributed by atoms with Gasteiger partial charge in [-0.25, -0.2) is 0 Å². The van der Waals surface area contributed by atoms with E-state index in [0.29, 0.717) is 12.5 Å². The minimum Gasteiger partial charge on any atom is -0.330 e. The summed E-state index contributed by atoms with van der Waals surface area (Å²) in [6, 6.07) is 8.05. The molecule has 1 aromatic carbocycles. The second kappa shape index (κ2) is 6.14. The Labute approximate surface area is 97.6 Å². The fourth-order valence-electron chi connectivity index (χ4n) is 1.69. The minimum atomic E-state index is 0.477. The highest BCUT2D eigenvalue weighted by molar-refractivity contribution is 6.30. The van der Waals surface area contributed by atoms with Crippen LogP contribution in [0.15, 0.2) is 24.3 Å². The van der Waals surface area contributed by atoms with Gasteiger partial charge in [0.1, 0.15) is 0 Å². The molecule has 2 heteroatoms. The Hall–Kier alpha value is -0.530. The number of halogens is 1. The Morgan fingerprint density at radius 2 is 1.73 bits per heavy atom. The molecule has 0 saturated heterocycles. The zero-order valence-electron chi connectivity index (χ0n) is 9.54. The normalized spacial score (nSPS) is 13.1. The minimum absolute atomic E-state index is 0.477. The van der Waals surface area contributed by atoms with Gasteiger partial charge in [-0.15, -0.1) is 0 Å². The molecule has 0 fully saturated rings. The molecule has 1 aromatic rings. The first-order chi connectivity index (χ1) is 7.13. The van der Waals surface area contributed by atoms with E-state index in [0.717, 1.165) is 17.4 Å². The van der Waals surface area contributed by atoms with Crippen LogP contribution >= 0.6 is 11.6 Å². The van der Waals surface area contributed by atoms with E-state index in [9.17, 15) is 0 Å². The zero-order valence-corrected chi connectivity index (χ0v) is 10.3. The van der Waals surface area contributed by atoms with Crippen molar-refractivity contribution in [3.05, 3.63) is 34.9 Å². The lowest BCUT2D eigenvalue weighted by Gasteiger charge is -2.16. The van der Waals surface area contributed by atoms with Gasteiger partial charge in [0, 0.05) is 5.02 Å². The van der Waals surface area contributed by atoms with E-state index in [-0.39, 0.29) is 0 Å². The molecular weight excluding hydrogens is 206 g/mol. The van der Waals surface area contributed by atoms with Crippen LogP contribution in [0.1, 0.15) is 38.2 Å². The van der Waals surface area contributed by atoms with E-state index < -0.39 is 0 Å². The summed E-state index contributed by atoms with van der Waals surface area (Å²) in [6.07, 6.45) is 2.39. The lowest BCUT2D eigenvalue weighted by molar-refractivity contribution is 0.503. The van der Waals surface area contributed by atoms with Crippen molar-refractivity contribution >= 4 is 11.6 Å². The van der Waals surface area contributed by atoms with E-state index in [1.807, 2.05) is 12.1 Å². The molecule has 84 valence electrons. The summed E-state index contributed by atoms with van der Waals surface area (Å²) < 4.78 is 0. The molecule has 0 heterocycles. The van der Waals surface area contributed by atoms with Gasteiger partial charge >= 0.3 is 0 Å². The topological polar surface area (TPSA) is 26.0 Å². The van der Waals surface area contributed by atoms with Crippen molar-refractivity contribution in [3.8, 4) is 0 Å². The summed E-state index contributed by atoms with van der Waals surface area (Å²) in [4.78, 5) is 0. The molecule has 1 unspecified atom stereocenters. The van der Waals surface area contributed by atoms with Crippen molar-refractivity contribution in [1.82, 2.24) is 0 Å². The van der Waals surface area contributed by atoms with E-state index in [1.165, 1.54) is 12.0 Å². The number of hydrogen-bond donors (Lipinski definition) is 1. The van der Waals surface area contributed by atoms with Crippen LogP contribution < -0.4 is 5.73 Å². The second-order valence-electron chi connectivity index (χ2n) is 4.46. The van der Waals surface area contributed by atoms with Gasteiger partial charge in [0.2, 0.25) is 0 Å². The third-order valence-corrected chi connectivity index (χ3v) is 2.97. The summed E-state index contributed by atoms with van der Waals surface area (Å²) in [5.41, 5.74) is 7.10. The molecule has 0 saturated carbocycles. The summed E-state index contributed by atoms with van der Waals surface area (Å²) in [6.45, 7) is 5.21. The predicted molar refractivity (Wildman–Crippen MR) is 67.3 cm³/mol. The largest absolute Gasteiger partial charge is 0.330 e. The molecule has 0 aliphatic rings. The van der Waals surface area contributed by atoms with E-state index in [1.54, 1.807) is 0 Å². The highest BCUT2D eigenvalue weighted by Gasteiger charge is 2.10. The molecule has 0 aliphatic heterocycles. The Bertz CT molecular complexity index is 279. The molecule has 2 N–H and O–H groups in total. The van der Waals surface area contributed by atoms with Crippen molar-refractivity contribution in [2.75, 3.05) is 6.54 Å². The van der Waals surface area contributed by atoms with Crippen molar-refractivity contribution in [2.24, 2.45) is 11.7 Å². The van der Waals surface area contributed by atoms with Gasteiger partial charge in [0.25, 0.3) is 0 Å². The SMILES string of the molecule is CC(C)CCC(CN)c1ccc(Cl)cc1. The van der Waals surface area contributed by atoms with Gasteiger partial charge < -0.3 is 5.73 Å². The number of benzene rings is 1. The first-order valence-electron chi connectivity index (χ1n) is 5.59. The molecule has 0 aliphatic carbocycles. The molecule has 1 rings (SSSR count). The standard InChI is InChI=1S/C13H20ClN/c1-10(2)3-4-12(9-15)11-5-7-13(14)8-6-11/h5-8,10,12H,3-4,9,15H2,1-2H3. The molecular formula is C13H20ClN. The Balaban J connectivity index is 2.61. The van der Waals surface area contributed by atoms with Crippen LogP contribution in [0.4, 0.5) is 0 Å². The third-order valence-electron chi connectivity index (χ3n) is 2.72. The lowest BCUT2D eigenvalue weighted by atomic mass is 9.91. The van der Waals surface area contributed by atoms with Crippen molar-refractivity contribution in [1.29, 1.82) is 0 Å². The molecule has 15 heavy (non-hydrogen) atoms. The Kier molecular flexibility index (Phi) is 5.13. The summed E-state index contributed by atoms with van der Waals surface area (Å²) in [7, 11) is 0. The fourth-order valence-corrected chi connectivity index (χ4v) is 1.82. The first kappa shape index (κ1) is 12.5. The maximum absolute atomic E-state index is 5.86. The predicted octanol–water partition coefficient (Wildman–Crippen LogP) is 3.82. The van der Waals surface area contributed by atoms with Crippen LogP contribution in [0.25, 0.3) is 0 Å². The maximum atomic E-state index is 5.86. The van der Waals surface area contributed by atoms with Crippen LogP contribution in [0, 0.1) is 5.92 Å². The van der Waals surface area contributed by atoms with Gasteiger partial charge in [-0.2, -0.15) is 0 Å². The van der Waals surface area contributed by atoms with Crippen LogP contribution in [-0.4, -0.2) is 6.54 Å². The van der Waals surface area contributed by atoms with Crippen LogP contribution in [0.2, 0.25) is 5.02 Å². The van der Waals surface area contributed by atoms with Crippen molar-refractivity contribution in [2.45, 2.75) is 32.6 Å². The average Bonchev–Trinajstić information content (AvgIpc) is 2.21. The van der Waals surface area contributed by atoms with Crippen molar-refractivity contribution in [3.63, 3.8) is 0 Å². The maximum Gasteiger partial charge on any atom is 0.0406 e. The van der Waals surface area contributed by atoms with Crippen LogP contribution in [0.3, 0.4) is 0 Å². The van der Waals surface area contributed by atoms with E-state index >= 15 is 0 Å². The highest BCUT2D eigenvalue weighted by atomic mass is 35.5. The van der Waals surface area contributed by atoms with Crippen LogP contribution in [-0.2, 0) is 0 Å². The zero-order chi connectivity index (χ0) is 11.3. The average molecular weight is 226 g/mol.